The molecule has 2 aliphatic rings. The molecule has 7 heteroatoms. The SMILES string of the molecule is O=C(c1cscn1)N1CCCC1c1cncc(CN2CCCC2)n1. The van der Waals surface area contributed by atoms with Gasteiger partial charge in [-0.3, -0.25) is 19.7 Å². The van der Waals surface area contributed by atoms with Gasteiger partial charge in [0.15, 0.2) is 0 Å². The summed E-state index contributed by atoms with van der Waals surface area (Å²) in [5.41, 5.74) is 4.15. The van der Waals surface area contributed by atoms with E-state index in [2.05, 4.69) is 14.9 Å². The second-order valence-corrected chi connectivity index (χ2v) is 7.17. The van der Waals surface area contributed by atoms with Gasteiger partial charge in [0, 0.05) is 24.7 Å². The van der Waals surface area contributed by atoms with Crippen LogP contribution >= 0.6 is 11.3 Å². The first kappa shape index (κ1) is 15.7. The van der Waals surface area contributed by atoms with E-state index in [0.29, 0.717) is 5.69 Å². The van der Waals surface area contributed by atoms with Gasteiger partial charge in [-0.15, -0.1) is 11.3 Å². The molecule has 2 fully saturated rings. The van der Waals surface area contributed by atoms with Crippen LogP contribution in [0.4, 0.5) is 0 Å². The summed E-state index contributed by atoms with van der Waals surface area (Å²) >= 11 is 1.45. The van der Waals surface area contributed by atoms with Crippen LogP contribution < -0.4 is 0 Å². The molecule has 0 bridgehead atoms. The van der Waals surface area contributed by atoms with Crippen molar-refractivity contribution in [2.45, 2.75) is 38.3 Å². The summed E-state index contributed by atoms with van der Waals surface area (Å²) in [4.78, 5) is 30.4. The van der Waals surface area contributed by atoms with E-state index in [1.54, 1.807) is 5.51 Å². The lowest BCUT2D eigenvalue weighted by atomic mass is 10.1. The Hall–Kier alpha value is -1.86. The van der Waals surface area contributed by atoms with Crippen molar-refractivity contribution in [3.05, 3.63) is 40.4 Å². The highest BCUT2D eigenvalue weighted by atomic mass is 32.1. The van der Waals surface area contributed by atoms with Gasteiger partial charge >= 0.3 is 0 Å². The monoisotopic (exact) mass is 343 g/mol. The van der Waals surface area contributed by atoms with Gasteiger partial charge in [0.1, 0.15) is 5.69 Å². The molecule has 1 unspecified atom stereocenters. The molecule has 24 heavy (non-hydrogen) atoms. The molecule has 0 aliphatic carbocycles. The highest BCUT2D eigenvalue weighted by Crippen LogP contribution is 2.32. The largest absolute Gasteiger partial charge is 0.329 e. The molecular formula is C17H21N5OS. The maximum atomic E-state index is 12.7. The lowest BCUT2D eigenvalue weighted by Crippen LogP contribution is -2.31. The molecule has 4 rings (SSSR count). The predicted molar refractivity (Wildman–Crippen MR) is 91.7 cm³/mol. The number of aromatic nitrogens is 3. The summed E-state index contributed by atoms with van der Waals surface area (Å²) in [5, 5.41) is 1.81. The van der Waals surface area contributed by atoms with Crippen LogP contribution in [-0.2, 0) is 6.54 Å². The molecule has 0 N–H and O–H groups in total. The van der Waals surface area contributed by atoms with E-state index in [9.17, 15) is 4.79 Å². The van der Waals surface area contributed by atoms with Gasteiger partial charge in [-0.1, -0.05) is 0 Å². The van der Waals surface area contributed by atoms with E-state index >= 15 is 0 Å². The lowest BCUT2D eigenvalue weighted by Gasteiger charge is -2.24. The van der Waals surface area contributed by atoms with E-state index < -0.39 is 0 Å². The van der Waals surface area contributed by atoms with Crippen molar-refractivity contribution in [1.82, 2.24) is 24.8 Å². The second kappa shape index (κ2) is 6.94. The zero-order valence-corrected chi connectivity index (χ0v) is 14.4. The number of nitrogens with zero attached hydrogens (tertiary/aromatic N) is 5. The van der Waals surface area contributed by atoms with Gasteiger partial charge in [0.2, 0.25) is 0 Å². The topological polar surface area (TPSA) is 62.2 Å². The first-order chi connectivity index (χ1) is 11.8. The minimum atomic E-state index is 0.00509. The third-order valence-electron chi connectivity index (χ3n) is 4.79. The van der Waals surface area contributed by atoms with Crippen molar-refractivity contribution in [3.8, 4) is 0 Å². The lowest BCUT2D eigenvalue weighted by molar-refractivity contribution is 0.0727. The average molecular weight is 343 g/mol. The molecule has 126 valence electrons. The number of hydrogen-bond acceptors (Lipinski definition) is 6. The second-order valence-electron chi connectivity index (χ2n) is 6.45. The highest BCUT2D eigenvalue weighted by Gasteiger charge is 2.32. The first-order valence-electron chi connectivity index (χ1n) is 8.53. The molecule has 1 amide bonds. The van der Waals surface area contributed by atoms with Crippen molar-refractivity contribution >= 4 is 17.2 Å². The molecule has 2 aromatic heterocycles. The normalized spacial score (nSPS) is 21.5. The zero-order valence-electron chi connectivity index (χ0n) is 13.6. The van der Waals surface area contributed by atoms with E-state index in [1.807, 2.05) is 22.7 Å². The van der Waals surface area contributed by atoms with E-state index in [-0.39, 0.29) is 11.9 Å². The maximum absolute atomic E-state index is 12.7. The quantitative estimate of drug-likeness (QED) is 0.853. The van der Waals surface area contributed by atoms with E-state index in [1.165, 1.54) is 24.2 Å². The van der Waals surface area contributed by atoms with Crippen molar-refractivity contribution in [3.63, 3.8) is 0 Å². The summed E-state index contributed by atoms with van der Waals surface area (Å²) in [5.74, 6) is 0.00509. The Morgan fingerprint density at radius 2 is 2.08 bits per heavy atom. The van der Waals surface area contributed by atoms with Gasteiger partial charge in [0.25, 0.3) is 5.91 Å². The van der Waals surface area contributed by atoms with Gasteiger partial charge in [0.05, 0.1) is 29.1 Å². The highest BCUT2D eigenvalue weighted by molar-refractivity contribution is 7.07. The molecule has 4 heterocycles. The zero-order chi connectivity index (χ0) is 16.4. The number of carbonyl (C=O) groups is 1. The Morgan fingerprint density at radius 3 is 2.88 bits per heavy atom. The van der Waals surface area contributed by atoms with Crippen LogP contribution in [0.1, 0.15) is 53.6 Å². The number of amides is 1. The van der Waals surface area contributed by atoms with Crippen LogP contribution in [0.15, 0.2) is 23.3 Å². The fraction of sp³-hybridized carbons (Fsp3) is 0.529. The van der Waals surface area contributed by atoms with Gasteiger partial charge < -0.3 is 4.90 Å². The number of likely N-dealkylation sites (tertiary alicyclic amines) is 2. The minimum absolute atomic E-state index is 0.00509. The van der Waals surface area contributed by atoms with Crippen LogP contribution in [0.3, 0.4) is 0 Å². The third kappa shape index (κ3) is 3.18. The number of thiazole rings is 1. The standard InChI is InChI=1S/C17H21N5OS/c23-17(15-11-24-12-19-15)22-7-3-4-16(22)14-9-18-8-13(20-14)10-21-5-1-2-6-21/h8-9,11-12,16H,1-7,10H2. The number of carbonyl (C=O) groups excluding carboxylic acids is 1. The van der Waals surface area contributed by atoms with Crippen molar-refractivity contribution in [1.29, 1.82) is 0 Å². The molecule has 0 radical (unpaired) electrons. The molecule has 2 aliphatic heterocycles. The minimum Gasteiger partial charge on any atom is -0.329 e. The molecule has 2 aromatic rings. The number of hydrogen-bond donors (Lipinski definition) is 0. The van der Waals surface area contributed by atoms with Crippen LogP contribution in [-0.4, -0.2) is 50.3 Å². The van der Waals surface area contributed by atoms with Crippen LogP contribution in [0.5, 0.6) is 0 Å². The van der Waals surface area contributed by atoms with Crippen molar-refractivity contribution < 1.29 is 4.79 Å². The van der Waals surface area contributed by atoms with Gasteiger partial charge in [-0.05, 0) is 38.8 Å². The van der Waals surface area contributed by atoms with Crippen LogP contribution in [0.25, 0.3) is 0 Å². The van der Waals surface area contributed by atoms with Crippen LogP contribution in [0.2, 0.25) is 0 Å². The fourth-order valence-corrected chi connectivity index (χ4v) is 4.14. The molecule has 0 saturated carbocycles. The molecule has 0 aromatic carbocycles. The molecule has 1 atom stereocenters. The Morgan fingerprint density at radius 1 is 1.21 bits per heavy atom. The summed E-state index contributed by atoms with van der Waals surface area (Å²) in [6.07, 6.45) is 8.14. The van der Waals surface area contributed by atoms with E-state index in [4.69, 9.17) is 4.98 Å². The Kier molecular flexibility index (Phi) is 4.53. The fourth-order valence-electron chi connectivity index (χ4n) is 3.61. The van der Waals surface area contributed by atoms with Gasteiger partial charge in [-0.2, -0.15) is 0 Å². The predicted octanol–water partition coefficient (Wildman–Crippen LogP) is 2.51. The summed E-state index contributed by atoms with van der Waals surface area (Å²) in [7, 11) is 0. The van der Waals surface area contributed by atoms with Crippen molar-refractivity contribution in [2.75, 3.05) is 19.6 Å². The summed E-state index contributed by atoms with van der Waals surface area (Å²) < 4.78 is 0. The molecular weight excluding hydrogens is 322 g/mol. The summed E-state index contributed by atoms with van der Waals surface area (Å²) in [6.45, 7) is 3.90. The van der Waals surface area contributed by atoms with Gasteiger partial charge in [-0.25, -0.2) is 4.98 Å². The van der Waals surface area contributed by atoms with Crippen molar-refractivity contribution in [2.24, 2.45) is 0 Å². The molecule has 0 spiro atoms. The smallest absolute Gasteiger partial charge is 0.273 e. The number of rotatable bonds is 4. The van der Waals surface area contributed by atoms with E-state index in [0.717, 1.165) is 50.4 Å². The average Bonchev–Trinajstić information content (AvgIpc) is 3.36. The first-order valence-corrected chi connectivity index (χ1v) is 9.48. The molecule has 2 saturated heterocycles. The molecule has 6 nitrogen and oxygen atoms in total. The Balaban J connectivity index is 1.52. The Bertz CT molecular complexity index is 699. The third-order valence-corrected chi connectivity index (χ3v) is 5.38. The Labute approximate surface area is 145 Å². The summed E-state index contributed by atoms with van der Waals surface area (Å²) in [6, 6.07) is 0.0187. The van der Waals surface area contributed by atoms with Crippen LogP contribution in [0, 0.1) is 0 Å². The maximum Gasteiger partial charge on any atom is 0.273 e.